The highest BCUT2D eigenvalue weighted by Crippen LogP contribution is 2.77. The molecule has 0 aromatic heterocycles. The van der Waals surface area contributed by atoms with E-state index in [1.54, 1.807) is 6.07 Å². The smallest absolute Gasteiger partial charge is 0.165 e. The summed E-state index contributed by atoms with van der Waals surface area (Å²) in [5.74, 6) is 1.51. The van der Waals surface area contributed by atoms with Gasteiger partial charge in [0, 0.05) is 34.9 Å². The van der Waals surface area contributed by atoms with Gasteiger partial charge in [-0.2, -0.15) is 0 Å². The molecule has 2 heterocycles. The fourth-order valence-electron chi connectivity index (χ4n) is 9.36. The minimum absolute atomic E-state index is 0.0158. The van der Waals surface area contributed by atoms with E-state index in [1.165, 1.54) is 30.5 Å². The summed E-state index contributed by atoms with van der Waals surface area (Å²) in [6, 6.07) is 4.30. The summed E-state index contributed by atoms with van der Waals surface area (Å²) in [5.41, 5.74) is 0.515. The van der Waals surface area contributed by atoms with Crippen molar-refractivity contribution in [2.45, 2.75) is 87.6 Å². The Labute approximate surface area is 195 Å². The lowest BCUT2D eigenvalue weighted by Crippen LogP contribution is -2.82. The molecule has 2 spiro atoms. The molecule has 5 aliphatic carbocycles. The number of hydrogen-bond acceptors (Lipinski definition) is 5. The number of nitrogens with zero attached hydrogens (tertiary/aromatic N) is 1. The van der Waals surface area contributed by atoms with Crippen LogP contribution in [-0.2, 0) is 16.6 Å². The molecule has 2 unspecified atom stereocenters. The fourth-order valence-corrected chi connectivity index (χ4v) is 9.36. The molecule has 4 saturated carbocycles. The van der Waals surface area contributed by atoms with Gasteiger partial charge in [0.2, 0.25) is 0 Å². The lowest BCUT2D eigenvalue weighted by Gasteiger charge is -2.75. The van der Waals surface area contributed by atoms with Gasteiger partial charge in [0.05, 0.1) is 12.2 Å². The van der Waals surface area contributed by atoms with E-state index in [0.29, 0.717) is 11.8 Å². The second-order valence-corrected chi connectivity index (χ2v) is 12.4. The van der Waals surface area contributed by atoms with Gasteiger partial charge in [0.15, 0.2) is 11.5 Å². The van der Waals surface area contributed by atoms with Crippen LogP contribution in [0.25, 0.3) is 0 Å². The van der Waals surface area contributed by atoms with E-state index in [9.17, 15) is 14.6 Å². The highest BCUT2D eigenvalue weighted by atomic mass is 18.2. The summed E-state index contributed by atoms with van der Waals surface area (Å²) < 4.78 is 26.7. The number of halogens is 1. The summed E-state index contributed by atoms with van der Waals surface area (Å²) in [4.78, 5) is 2.76. The number of likely N-dealkylation sites (tertiary alicyclic amines) is 1. The van der Waals surface area contributed by atoms with Crippen molar-refractivity contribution in [2.75, 3.05) is 26.4 Å². The normalized spacial score (nSPS) is 42.8. The molecule has 4 bridgehead atoms. The maximum atomic E-state index is 13.5. The predicted octanol–water partition coefficient (Wildman–Crippen LogP) is 3.73. The van der Waals surface area contributed by atoms with E-state index in [0.717, 1.165) is 44.6 Å². The molecule has 33 heavy (non-hydrogen) atoms. The highest BCUT2D eigenvalue weighted by molar-refractivity contribution is 5.63. The van der Waals surface area contributed by atoms with Gasteiger partial charge in [-0.15, -0.1) is 0 Å². The molecule has 6 atom stereocenters. The van der Waals surface area contributed by atoms with Gasteiger partial charge in [-0.05, 0) is 82.9 Å². The number of rotatable bonds is 6. The first-order valence-corrected chi connectivity index (χ1v) is 13.0. The topological polar surface area (TPSA) is 62.2 Å². The molecule has 7 aliphatic rings. The molecule has 1 saturated heterocycles. The van der Waals surface area contributed by atoms with Gasteiger partial charge in [0.1, 0.15) is 18.4 Å². The summed E-state index contributed by atoms with van der Waals surface area (Å²) in [6.45, 7) is 5.44. The number of piperidine rings is 1. The van der Waals surface area contributed by atoms with Crippen LogP contribution in [0.15, 0.2) is 12.1 Å². The van der Waals surface area contributed by atoms with Crippen molar-refractivity contribution in [1.82, 2.24) is 4.90 Å². The Morgan fingerprint density at radius 2 is 2.06 bits per heavy atom. The SMILES string of the molecule is CC(C)(O)[C@H]1C[C@@]23CC[C@]1(OCC[18F])[C@@H]1Oc4c(O)ccc5c4C12CCN(CC1CC1)C3C5. The molecule has 2 N–H and O–H groups in total. The van der Waals surface area contributed by atoms with Crippen LogP contribution in [0.4, 0.5) is 4.39 Å². The molecule has 1 aromatic carbocycles. The standard InChI is InChI=1S/C27H36FNO4/c1-24(2,31)19-14-25-7-8-27(19,32-12-10-28)23-26(25)9-11-29(15-16-3-4-16)20(25)13-17-5-6-18(30)22(33-23)21(17)26/h5-6,16,19-20,23,30-31H,3-4,7-15H2,1-2H3/t19-,20?,23-,25-,26?,27-/m1/s1/i28-1. The van der Waals surface area contributed by atoms with Crippen LogP contribution in [-0.4, -0.2) is 64.8 Å². The van der Waals surface area contributed by atoms with Crippen LogP contribution in [0.3, 0.4) is 0 Å². The third-order valence-corrected chi connectivity index (χ3v) is 10.6. The number of phenolic OH excluding ortho intramolecular Hbond substituents is 1. The molecule has 0 amide bonds. The third kappa shape index (κ3) is 2.38. The molecule has 1 aromatic rings. The van der Waals surface area contributed by atoms with Gasteiger partial charge in [0.25, 0.3) is 0 Å². The molecule has 5 nitrogen and oxygen atoms in total. The van der Waals surface area contributed by atoms with Crippen molar-refractivity contribution < 1.29 is 24.1 Å². The maximum Gasteiger partial charge on any atom is 0.165 e. The van der Waals surface area contributed by atoms with Crippen LogP contribution in [0.5, 0.6) is 11.5 Å². The Balaban J connectivity index is 1.46. The molecule has 180 valence electrons. The first-order chi connectivity index (χ1) is 15.8. The molecular weight excluding hydrogens is 420 g/mol. The number of fused-ring (bicyclic) bond motifs is 2. The highest BCUT2D eigenvalue weighted by Gasteiger charge is 2.81. The monoisotopic (exact) mass is 456 g/mol. The van der Waals surface area contributed by atoms with E-state index in [2.05, 4.69) is 11.0 Å². The van der Waals surface area contributed by atoms with Crippen LogP contribution in [0, 0.1) is 17.3 Å². The zero-order valence-corrected chi connectivity index (χ0v) is 19.8. The first kappa shape index (κ1) is 21.0. The number of benzene rings is 1. The van der Waals surface area contributed by atoms with E-state index in [1.807, 2.05) is 13.8 Å². The van der Waals surface area contributed by atoms with Crippen LogP contribution < -0.4 is 4.74 Å². The van der Waals surface area contributed by atoms with Crippen molar-refractivity contribution >= 4 is 0 Å². The van der Waals surface area contributed by atoms with Gasteiger partial charge in [-0.1, -0.05) is 6.07 Å². The van der Waals surface area contributed by atoms with Crippen molar-refractivity contribution in [1.29, 1.82) is 0 Å². The molecule has 0 radical (unpaired) electrons. The van der Waals surface area contributed by atoms with E-state index >= 15 is 0 Å². The minimum Gasteiger partial charge on any atom is -0.504 e. The minimum atomic E-state index is -0.971. The second-order valence-electron chi connectivity index (χ2n) is 12.4. The molecule has 5 fully saturated rings. The number of aromatic hydroxyl groups is 1. The number of alkyl halides is 1. The lowest BCUT2D eigenvalue weighted by atomic mass is 9.34. The predicted molar refractivity (Wildman–Crippen MR) is 121 cm³/mol. The summed E-state index contributed by atoms with van der Waals surface area (Å²) in [6.07, 6.45) is 6.97. The van der Waals surface area contributed by atoms with Crippen molar-refractivity contribution in [3.05, 3.63) is 23.3 Å². The zero-order chi connectivity index (χ0) is 22.8. The third-order valence-electron chi connectivity index (χ3n) is 10.6. The zero-order valence-electron chi connectivity index (χ0n) is 19.8. The largest absolute Gasteiger partial charge is 0.504 e. The van der Waals surface area contributed by atoms with Crippen LogP contribution in [0.2, 0.25) is 0 Å². The Bertz CT molecular complexity index is 1000. The van der Waals surface area contributed by atoms with Crippen molar-refractivity contribution in [2.24, 2.45) is 17.3 Å². The Kier molecular flexibility index (Phi) is 4.09. The molecule has 8 rings (SSSR count). The maximum absolute atomic E-state index is 13.5. The summed E-state index contributed by atoms with van der Waals surface area (Å²) in [7, 11) is 0. The van der Waals surface area contributed by atoms with Gasteiger partial charge >= 0.3 is 0 Å². The molecular formula is C27H36FNO4. The Hall–Kier alpha value is -1.37. The van der Waals surface area contributed by atoms with Crippen LogP contribution >= 0.6 is 0 Å². The average Bonchev–Trinajstić information content (AvgIpc) is 3.52. The molecule has 6 heteroatoms. The Morgan fingerprint density at radius 1 is 1.24 bits per heavy atom. The van der Waals surface area contributed by atoms with Gasteiger partial charge in [-0.3, -0.25) is 4.90 Å². The number of phenols is 1. The lowest BCUT2D eigenvalue weighted by molar-refractivity contribution is -0.307. The van der Waals surface area contributed by atoms with E-state index in [-0.39, 0.29) is 35.2 Å². The Morgan fingerprint density at radius 3 is 2.79 bits per heavy atom. The van der Waals surface area contributed by atoms with Crippen molar-refractivity contribution in [3.8, 4) is 11.5 Å². The average molecular weight is 457 g/mol. The quantitative estimate of drug-likeness (QED) is 0.683. The number of hydrogen-bond donors (Lipinski definition) is 2. The van der Waals surface area contributed by atoms with E-state index < -0.39 is 17.9 Å². The van der Waals surface area contributed by atoms with Crippen molar-refractivity contribution in [3.63, 3.8) is 0 Å². The number of ether oxygens (including phenoxy) is 2. The number of aliphatic hydroxyl groups is 1. The second kappa shape index (κ2) is 6.44. The van der Waals surface area contributed by atoms with Gasteiger partial charge < -0.3 is 19.7 Å². The molecule has 2 aliphatic heterocycles. The van der Waals surface area contributed by atoms with Gasteiger partial charge in [-0.25, -0.2) is 4.39 Å². The summed E-state index contributed by atoms with van der Waals surface area (Å²) >= 11 is 0. The first-order valence-electron chi connectivity index (χ1n) is 13.0. The van der Waals surface area contributed by atoms with Crippen LogP contribution in [0.1, 0.15) is 63.5 Å². The van der Waals surface area contributed by atoms with E-state index in [4.69, 9.17) is 9.47 Å². The summed E-state index contributed by atoms with van der Waals surface area (Å²) in [5, 5.41) is 22.3. The fraction of sp³-hybridized carbons (Fsp3) is 0.778.